The fourth-order valence-corrected chi connectivity index (χ4v) is 1.90. The van der Waals surface area contributed by atoms with Gasteiger partial charge in [0.25, 0.3) is 5.56 Å². The molecule has 0 saturated carbocycles. The Balaban J connectivity index is 1.83. The minimum absolute atomic E-state index is 0.0494. The summed E-state index contributed by atoms with van der Waals surface area (Å²) >= 11 is 0. The summed E-state index contributed by atoms with van der Waals surface area (Å²) in [5, 5.41) is 3.23. The minimum atomic E-state index is -0.0494. The molecular formula is C15H21N3O2. The maximum Gasteiger partial charge on any atom is 0.258 e. The number of nitrogens with one attached hydrogen (secondary N) is 1. The van der Waals surface area contributed by atoms with Crippen molar-refractivity contribution in [1.29, 1.82) is 0 Å². The van der Waals surface area contributed by atoms with Crippen LogP contribution in [0.15, 0.2) is 35.3 Å². The van der Waals surface area contributed by atoms with Gasteiger partial charge in [0.2, 0.25) is 0 Å². The lowest BCUT2D eigenvalue weighted by atomic mass is 10.3. The van der Waals surface area contributed by atoms with Crippen LogP contribution in [-0.4, -0.2) is 29.1 Å². The highest BCUT2D eigenvalue weighted by atomic mass is 16.5. The average molecular weight is 275 g/mol. The Bertz CT molecular complexity index is 595. The van der Waals surface area contributed by atoms with E-state index in [1.807, 2.05) is 18.2 Å². The van der Waals surface area contributed by atoms with Gasteiger partial charge in [0.15, 0.2) is 0 Å². The maximum absolute atomic E-state index is 11.9. The van der Waals surface area contributed by atoms with Crippen LogP contribution in [0.5, 0.6) is 0 Å². The second kappa shape index (κ2) is 7.77. The summed E-state index contributed by atoms with van der Waals surface area (Å²) in [5.41, 5.74) is 1.39. The van der Waals surface area contributed by atoms with Crippen LogP contribution in [0.2, 0.25) is 0 Å². The van der Waals surface area contributed by atoms with Crippen molar-refractivity contribution in [3.8, 4) is 0 Å². The van der Waals surface area contributed by atoms with Gasteiger partial charge in [-0.15, -0.1) is 0 Å². The van der Waals surface area contributed by atoms with E-state index >= 15 is 0 Å². The van der Waals surface area contributed by atoms with Crippen molar-refractivity contribution in [3.63, 3.8) is 0 Å². The van der Waals surface area contributed by atoms with Crippen molar-refractivity contribution in [3.05, 3.63) is 46.5 Å². The molecule has 2 aromatic rings. The van der Waals surface area contributed by atoms with Crippen molar-refractivity contribution in [2.75, 3.05) is 19.8 Å². The quantitative estimate of drug-likeness (QED) is 0.744. The van der Waals surface area contributed by atoms with E-state index in [0.717, 1.165) is 31.7 Å². The molecule has 0 atom stereocenters. The Hall–Kier alpha value is -1.72. The number of nitrogens with zero attached hydrogens (tertiary/aromatic N) is 2. The van der Waals surface area contributed by atoms with Gasteiger partial charge >= 0.3 is 0 Å². The Morgan fingerprint density at radius 2 is 2.25 bits per heavy atom. The SMILES string of the molecule is CCCCOCCNCc1cc(=O)n2ccccc2n1. The highest BCUT2D eigenvalue weighted by Gasteiger charge is 2.01. The smallest absolute Gasteiger partial charge is 0.258 e. The van der Waals surface area contributed by atoms with Gasteiger partial charge in [-0.2, -0.15) is 0 Å². The first-order valence-electron chi connectivity index (χ1n) is 7.07. The number of aromatic nitrogens is 2. The number of hydrogen-bond acceptors (Lipinski definition) is 4. The van der Waals surface area contributed by atoms with Gasteiger partial charge in [-0.3, -0.25) is 9.20 Å². The molecule has 2 rings (SSSR count). The Kier molecular flexibility index (Phi) is 5.70. The van der Waals surface area contributed by atoms with Gasteiger partial charge in [0.1, 0.15) is 5.65 Å². The zero-order valence-corrected chi connectivity index (χ0v) is 11.8. The fourth-order valence-electron chi connectivity index (χ4n) is 1.90. The van der Waals surface area contributed by atoms with E-state index in [9.17, 15) is 4.79 Å². The standard InChI is InChI=1S/C15H21N3O2/c1-2-3-9-20-10-7-16-12-13-11-15(19)18-8-5-4-6-14(18)17-13/h4-6,8,11,16H,2-3,7,9-10,12H2,1H3. The lowest BCUT2D eigenvalue weighted by molar-refractivity contribution is 0.133. The summed E-state index contributed by atoms with van der Waals surface area (Å²) in [4.78, 5) is 16.3. The largest absolute Gasteiger partial charge is 0.380 e. The van der Waals surface area contributed by atoms with Crippen LogP contribution < -0.4 is 10.9 Å². The number of rotatable bonds is 8. The first kappa shape index (κ1) is 14.7. The van der Waals surface area contributed by atoms with E-state index in [2.05, 4.69) is 17.2 Å². The highest BCUT2D eigenvalue weighted by molar-refractivity contribution is 5.37. The summed E-state index contributed by atoms with van der Waals surface area (Å²) in [6.45, 7) is 4.99. The lowest BCUT2D eigenvalue weighted by Gasteiger charge is -2.06. The molecule has 108 valence electrons. The molecule has 0 radical (unpaired) electrons. The molecule has 20 heavy (non-hydrogen) atoms. The molecule has 0 amide bonds. The van der Waals surface area contributed by atoms with Crippen molar-refractivity contribution >= 4 is 5.65 Å². The van der Waals surface area contributed by atoms with Crippen LogP contribution in [0, 0.1) is 0 Å². The summed E-state index contributed by atoms with van der Waals surface area (Å²) in [5.74, 6) is 0. The van der Waals surface area contributed by atoms with Gasteiger partial charge in [-0.1, -0.05) is 19.4 Å². The van der Waals surface area contributed by atoms with Crippen LogP contribution in [0.25, 0.3) is 5.65 Å². The Morgan fingerprint density at radius 1 is 1.35 bits per heavy atom. The predicted octanol–water partition coefficient (Wildman–Crippen LogP) is 1.60. The summed E-state index contributed by atoms with van der Waals surface area (Å²) in [6.07, 6.45) is 3.98. The van der Waals surface area contributed by atoms with Crippen LogP contribution in [0.3, 0.4) is 0 Å². The monoisotopic (exact) mass is 275 g/mol. The first-order valence-corrected chi connectivity index (χ1v) is 7.07. The summed E-state index contributed by atoms with van der Waals surface area (Å²) < 4.78 is 7.00. The van der Waals surface area contributed by atoms with Gasteiger partial charge in [-0.25, -0.2) is 4.98 Å². The third-order valence-electron chi connectivity index (χ3n) is 3.00. The van der Waals surface area contributed by atoms with E-state index in [1.54, 1.807) is 12.3 Å². The topological polar surface area (TPSA) is 55.6 Å². The third kappa shape index (κ3) is 4.15. The zero-order chi connectivity index (χ0) is 14.2. The van der Waals surface area contributed by atoms with Crippen molar-refractivity contribution in [1.82, 2.24) is 14.7 Å². The summed E-state index contributed by atoms with van der Waals surface area (Å²) in [6, 6.07) is 7.10. The second-order valence-electron chi connectivity index (χ2n) is 4.66. The molecular weight excluding hydrogens is 254 g/mol. The highest BCUT2D eigenvalue weighted by Crippen LogP contribution is 1.98. The number of fused-ring (bicyclic) bond motifs is 1. The molecule has 0 aliphatic rings. The van der Waals surface area contributed by atoms with E-state index in [4.69, 9.17) is 4.74 Å². The van der Waals surface area contributed by atoms with E-state index in [0.29, 0.717) is 18.8 Å². The molecule has 5 nitrogen and oxygen atoms in total. The number of pyridine rings is 1. The van der Waals surface area contributed by atoms with Crippen LogP contribution >= 0.6 is 0 Å². The van der Waals surface area contributed by atoms with E-state index < -0.39 is 0 Å². The van der Waals surface area contributed by atoms with Gasteiger partial charge in [0.05, 0.1) is 12.3 Å². The van der Waals surface area contributed by atoms with Gasteiger partial charge < -0.3 is 10.1 Å². The summed E-state index contributed by atoms with van der Waals surface area (Å²) in [7, 11) is 0. The van der Waals surface area contributed by atoms with E-state index in [-0.39, 0.29) is 5.56 Å². The molecule has 0 spiro atoms. The average Bonchev–Trinajstić information content (AvgIpc) is 2.46. The molecule has 0 aliphatic carbocycles. The van der Waals surface area contributed by atoms with Crippen molar-refractivity contribution in [2.45, 2.75) is 26.3 Å². The normalized spacial score (nSPS) is 11.1. The first-order chi connectivity index (χ1) is 9.81. The van der Waals surface area contributed by atoms with Gasteiger partial charge in [0, 0.05) is 32.0 Å². The second-order valence-corrected chi connectivity index (χ2v) is 4.66. The molecule has 2 aromatic heterocycles. The fraction of sp³-hybridized carbons (Fsp3) is 0.467. The maximum atomic E-state index is 11.9. The molecule has 0 unspecified atom stereocenters. The van der Waals surface area contributed by atoms with Crippen molar-refractivity contribution in [2.24, 2.45) is 0 Å². The third-order valence-corrected chi connectivity index (χ3v) is 3.00. The molecule has 0 bridgehead atoms. The van der Waals surface area contributed by atoms with Gasteiger partial charge in [-0.05, 0) is 18.6 Å². The Labute approximate surface area is 118 Å². The molecule has 0 aliphatic heterocycles. The zero-order valence-electron chi connectivity index (χ0n) is 11.8. The molecule has 5 heteroatoms. The molecule has 1 N–H and O–H groups in total. The molecule has 0 aromatic carbocycles. The number of hydrogen-bond donors (Lipinski definition) is 1. The number of unbranched alkanes of at least 4 members (excludes halogenated alkanes) is 1. The van der Waals surface area contributed by atoms with Crippen LogP contribution in [0.1, 0.15) is 25.5 Å². The Morgan fingerprint density at radius 3 is 3.10 bits per heavy atom. The van der Waals surface area contributed by atoms with Crippen molar-refractivity contribution < 1.29 is 4.74 Å². The molecule has 2 heterocycles. The van der Waals surface area contributed by atoms with E-state index in [1.165, 1.54) is 4.40 Å². The predicted molar refractivity (Wildman–Crippen MR) is 78.9 cm³/mol. The number of ether oxygens (including phenoxy) is 1. The van der Waals surface area contributed by atoms with Crippen LogP contribution in [0.4, 0.5) is 0 Å². The van der Waals surface area contributed by atoms with Crippen LogP contribution in [-0.2, 0) is 11.3 Å². The lowest BCUT2D eigenvalue weighted by Crippen LogP contribution is -2.22. The minimum Gasteiger partial charge on any atom is -0.380 e. The molecule has 0 fully saturated rings. The molecule has 0 saturated heterocycles.